The molecular weight excluding hydrogens is 416 g/mol. The van der Waals surface area contributed by atoms with E-state index in [0.717, 1.165) is 12.1 Å². The molecule has 0 bridgehead atoms. The van der Waals surface area contributed by atoms with Gasteiger partial charge in [-0.1, -0.05) is 72.8 Å². The predicted octanol–water partition coefficient (Wildman–Crippen LogP) is 2.90. The van der Waals surface area contributed by atoms with E-state index in [2.05, 4.69) is 48.5 Å². The molecule has 0 amide bonds. The van der Waals surface area contributed by atoms with Crippen molar-refractivity contribution in [1.82, 2.24) is 0 Å². The first-order valence-corrected chi connectivity index (χ1v) is 10.00. The van der Waals surface area contributed by atoms with Gasteiger partial charge < -0.3 is 19.8 Å². The third-order valence-corrected chi connectivity index (χ3v) is 5.62. The molecule has 5 rings (SSSR count). The summed E-state index contributed by atoms with van der Waals surface area (Å²) in [6, 6.07) is 23.1. The summed E-state index contributed by atoms with van der Waals surface area (Å²) >= 11 is 0. The third-order valence-electron chi connectivity index (χ3n) is 5.62. The molecule has 0 fully saturated rings. The van der Waals surface area contributed by atoms with Crippen molar-refractivity contribution < 1.29 is 19.8 Å². The van der Waals surface area contributed by atoms with Gasteiger partial charge in [0.25, 0.3) is 0 Å². The van der Waals surface area contributed by atoms with Crippen LogP contribution in [0.3, 0.4) is 0 Å². The van der Waals surface area contributed by atoms with Crippen LogP contribution in [-0.2, 0) is 12.8 Å². The standard InChI is InChI=1S/C18H16.C8H6O4.Ca/c1-3-7-15-13(5-1)9-11-18-16-8-4-2-6-14(16)10-12-17(15)18;9-7(10)5-3-1-2-4-6(5)8(11)12;/h1,3,5,7,9-12H,2,4,6,8H2;1-4H,(H,9,10)(H,11,12);/q;;+2/p-2. The van der Waals surface area contributed by atoms with Crippen LogP contribution in [0.25, 0.3) is 21.5 Å². The van der Waals surface area contributed by atoms with Crippen molar-refractivity contribution in [3.05, 3.63) is 95.1 Å². The molecule has 0 heterocycles. The summed E-state index contributed by atoms with van der Waals surface area (Å²) in [5, 5.41) is 26.3. The molecule has 0 saturated heterocycles. The van der Waals surface area contributed by atoms with Crippen molar-refractivity contribution in [3.8, 4) is 0 Å². The Kier molecular flexibility index (Phi) is 7.71. The number of fused-ring (bicyclic) bond motifs is 5. The Balaban J connectivity index is 0.000000185. The number of carbonyl (C=O) groups excluding carboxylic acids is 2. The summed E-state index contributed by atoms with van der Waals surface area (Å²) in [6.45, 7) is 0. The average molecular weight is 437 g/mol. The van der Waals surface area contributed by atoms with Crippen LogP contribution in [0.15, 0.2) is 72.8 Å². The molecule has 4 aromatic rings. The molecule has 1 aliphatic rings. The topological polar surface area (TPSA) is 80.3 Å². The van der Waals surface area contributed by atoms with Crippen LogP contribution in [0, 0.1) is 0 Å². The van der Waals surface area contributed by atoms with E-state index in [1.165, 1.54) is 59.4 Å². The van der Waals surface area contributed by atoms with Crippen LogP contribution in [0.4, 0.5) is 0 Å². The summed E-state index contributed by atoms with van der Waals surface area (Å²) in [7, 11) is 0. The molecule has 0 unspecified atom stereocenters. The Morgan fingerprint density at radius 1 is 0.613 bits per heavy atom. The Labute approximate surface area is 210 Å². The molecule has 150 valence electrons. The first-order chi connectivity index (χ1) is 14.6. The first kappa shape index (κ1) is 23.3. The molecular formula is C26H20CaO4. The quantitative estimate of drug-likeness (QED) is 0.357. The third kappa shape index (κ3) is 4.93. The monoisotopic (exact) mass is 436 g/mol. The van der Waals surface area contributed by atoms with E-state index in [1.54, 1.807) is 11.1 Å². The second kappa shape index (κ2) is 10.3. The number of hydrogen-bond donors (Lipinski definition) is 0. The summed E-state index contributed by atoms with van der Waals surface area (Å²) in [5.74, 6) is -3.04. The molecule has 5 heteroatoms. The maximum absolute atomic E-state index is 10.3. The molecule has 1 aliphatic carbocycles. The molecule has 0 spiro atoms. The number of hydrogen-bond acceptors (Lipinski definition) is 4. The zero-order valence-electron chi connectivity index (χ0n) is 17.1. The maximum atomic E-state index is 10.3. The largest absolute Gasteiger partial charge is 2.00 e. The molecule has 31 heavy (non-hydrogen) atoms. The van der Waals surface area contributed by atoms with Crippen molar-refractivity contribution in [2.45, 2.75) is 25.7 Å². The minimum Gasteiger partial charge on any atom is -0.545 e. The Bertz CT molecular complexity index is 1230. The molecule has 0 radical (unpaired) electrons. The minimum atomic E-state index is -1.52. The van der Waals surface area contributed by atoms with Crippen LogP contribution in [0.1, 0.15) is 44.7 Å². The summed E-state index contributed by atoms with van der Waals surface area (Å²) < 4.78 is 0. The molecule has 0 saturated carbocycles. The summed E-state index contributed by atoms with van der Waals surface area (Å²) in [5.41, 5.74) is 2.45. The minimum absolute atomic E-state index is 0. The van der Waals surface area contributed by atoms with Crippen molar-refractivity contribution in [1.29, 1.82) is 0 Å². The zero-order valence-corrected chi connectivity index (χ0v) is 19.3. The van der Waals surface area contributed by atoms with Crippen LogP contribution in [0.2, 0.25) is 0 Å². The van der Waals surface area contributed by atoms with Gasteiger partial charge in [-0.3, -0.25) is 0 Å². The van der Waals surface area contributed by atoms with Gasteiger partial charge in [0.2, 0.25) is 0 Å². The second-order valence-electron chi connectivity index (χ2n) is 7.41. The van der Waals surface area contributed by atoms with Gasteiger partial charge in [0.05, 0.1) is 11.9 Å². The number of carboxylic acid groups (broad SMARTS) is 2. The molecule has 0 N–H and O–H groups in total. The van der Waals surface area contributed by atoms with Crippen LogP contribution in [-0.4, -0.2) is 49.7 Å². The van der Waals surface area contributed by atoms with E-state index in [4.69, 9.17) is 0 Å². The number of aryl methyl sites for hydroxylation is 2. The fourth-order valence-corrected chi connectivity index (χ4v) is 4.18. The average Bonchev–Trinajstić information content (AvgIpc) is 2.79. The maximum Gasteiger partial charge on any atom is 2.00 e. The predicted molar refractivity (Wildman–Crippen MR) is 119 cm³/mol. The van der Waals surface area contributed by atoms with Gasteiger partial charge in [-0.2, -0.15) is 0 Å². The van der Waals surface area contributed by atoms with Gasteiger partial charge >= 0.3 is 37.7 Å². The Morgan fingerprint density at radius 2 is 1.19 bits per heavy atom. The molecule has 4 aromatic carbocycles. The summed E-state index contributed by atoms with van der Waals surface area (Å²) in [4.78, 5) is 20.6. The van der Waals surface area contributed by atoms with Crippen molar-refractivity contribution in [2.75, 3.05) is 0 Å². The van der Waals surface area contributed by atoms with E-state index in [0.29, 0.717) is 0 Å². The van der Waals surface area contributed by atoms with Crippen LogP contribution < -0.4 is 10.2 Å². The van der Waals surface area contributed by atoms with Crippen molar-refractivity contribution in [3.63, 3.8) is 0 Å². The van der Waals surface area contributed by atoms with Gasteiger partial charge in [-0.05, 0) is 58.4 Å². The van der Waals surface area contributed by atoms with Crippen LogP contribution >= 0.6 is 0 Å². The molecule has 0 aromatic heterocycles. The van der Waals surface area contributed by atoms with Crippen molar-refractivity contribution >= 4 is 71.2 Å². The number of rotatable bonds is 2. The Morgan fingerprint density at radius 3 is 1.87 bits per heavy atom. The van der Waals surface area contributed by atoms with E-state index < -0.39 is 11.9 Å². The number of benzene rings is 4. The van der Waals surface area contributed by atoms with Gasteiger partial charge in [-0.15, -0.1) is 0 Å². The normalized spacial score (nSPS) is 12.3. The molecule has 4 nitrogen and oxygen atoms in total. The molecule has 0 atom stereocenters. The second-order valence-corrected chi connectivity index (χ2v) is 7.41. The first-order valence-electron chi connectivity index (χ1n) is 10.00. The van der Waals surface area contributed by atoms with Gasteiger partial charge in [-0.25, -0.2) is 0 Å². The van der Waals surface area contributed by atoms with E-state index in [9.17, 15) is 19.8 Å². The van der Waals surface area contributed by atoms with Gasteiger partial charge in [0.15, 0.2) is 0 Å². The number of carbonyl (C=O) groups is 2. The van der Waals surface area contributed by atoms with Crippen LogP contribution in [0.5, 0.6) is 0 Å². The fourth-order valence-electron chi connectivity index (χ4n) is 4.18. The van der Waals surface area contributed by atoms with E-state index in [1.807, 2.05) is 0 Å². The van der Waals surface area contributed by atoms with E-state index >= 15 is 0 Å². The molecule has 0 aliphatic heterocycles. The SMILES string of the molecule is O=C([O-])c1ccccc1C(=O)[O-].[Ca+2].c1ccc2c(c1)ccc1c3c(ccc12)CCCC3. The van der Waals surface area contributed by atoms with Gasteiger partial charge in [0.1, 0.15) is 0 Å². The summed E-state index contributed by atoms with van der Waals surface area (Å²) in [6.07, 6.45) is 5.22. The Hall–Kier alpha value is -2.40. The van der Waals surface area contributed by atoms with Gasteiger partial charge in [0, 0.05) is 11.1 Å². The fraction of sp³-hybridized carbons (Fsp3) is 0.154. The van der Waals surface area contributed by atoms with Crippen molar-refractivity contribution in [2.24, 2.45) is 0 Å². The number of aromatic carboxylic acids is 2. The van der Waals surface area contributed by atoms with E-state index in [-0.39, 0.29) is 48.9 Å². The zero-order chi connectivity index (χ0) is 21.1. The number of carboxylic acids is 2. The smallest absolute Gasteiger partial charge is 0.545 e.